The number of nitrogens with zero attached hydrogens (tertiary/aromatic N) is 3. The summed E-state index contributed by atoms with van der Waals surface area (Å²) in [5.74, 6) is -0.708. The van der Waals surface area contributed by atoms with Crippen LogP contribution in [0.3, 0.4) is 0 Å². The number of carbonyl (C=O) groups excluding carboxylic acids is 2. The van der Waals surface area contributed by atoms with Gasteiger partial charge in [0, 0.05) is 5.56 Å². The molecule has 0 fully saturated rings. The molecular formula is C16H11Cl2N5O3S. The molecule has 8 nitrogen and oxygen atoms in total. The van der Waals surface area contributed by atoms with Crippen LogP contribution in [0.15, 0.2) is 46.1 Å². The maximum atomic E-state index is 11.9. The quantitative estimate of drug-likeness (QED) is 0.466. The molecule has 3 aromatic rings. The average Bonchev–Trinajstić information content (AvgIpc) is 3.30. The minimum absolute atomic E-state index is 0.0537. The third kappa shape index (κ3) is 5.13. The van der Waals surface area contributed by atoms with Gasteiger partial charge in [0.05, 0.1) is 28.9 Å². The standard InChI is InChI=1S/C16H11Cl2N5O3S/c17-10-3-1-4-11(18)9(10)8-19-21-13(24)7-14-22-23-16(27-14)20-15(25)12-5-2-6-26-12/h1-6,8H,7H2,(H,21,24)(H,20,23,25)/b19-8-. The molecule has 2 N–H and O–H groups in total. The Morgan fingerprint density at radius 1 is 1.19 bits per heavy atom. The van der Waals surface area contributed by atoms with Crippen LogP contribution in [0.5, 0.6) is 0 Å². The summed E-state index contributed by atoms with van der Waals surface area (Å²) in [4.78, 5) is 23.8. The first-order valence-corrected chi connectivity index (χ1v) is 9.03. The molecule has 0 bridgehead atoms. The van der Waals surface area contributed by atoms with Crippen LogP contribution in [0.4, 0.5) is 5.13 Å². The molecular weight excluding hydrogens is 413 g/mol. The number of nitrogens with one attached hydrogen (secondary N) is 2. The summed E-state index contributed by atoms with van der Waals surface area (Å²) in [6.45, 7) is 0. The number of rotatable bonds is 6. The van der Waals surface area contributed by atoms with E-state index < -0.39 is 11.8 Å². The lowest BCUT2D eigenvalue weighted by molar-refractivity contribution is -0.120. The van der Waals surface area contributed by atoms with E-state index in [-0.39, 0.29) is 17.3 Å². The van der Waals surface area contributed by atoms with Crippen molar-refractivity contribution in [3.63, 3.8) is 0 Å². The lowest BCUT2D eigenvalue weighted by atomic mass is 10.2. The van der Waals surface area contributed by atoms with Gasteiger partial charge in [-0.1, -0.05) is 40.6 Å². The number of anilines is 1. The lowest BCUT2D eigenvalue weighted by Gasteiger charge is -2.00. The number of benzene rings is 1. The smallest absolute Gasteiger partial charge is 0.293 e. The van der Waals surface area contributed by atoms with E-state index in [2.05, 4.69) is 26.0 Å². The van der Waals surface area contributed by atoms with Gasteiger partial charge in [0.15, 0.2) is 5.76 Å². The zero-order chi connectivity index (χ0) is 19.2. The van der Waals surface area contributed by atoms with E-state index in [0.29, 0.717) is 20.6 Å². The van der Waals surface area contributed by atoms with Gasteiger partial charge in [-0.05, 0) is 24.3 Å². The van der Waals surface area contributed by atoms with E-state index in [1.165, 1.54) is 18.5 Å². The molecule has 3 rings (SSSR count). The number of aromatic nitrogens is 2. The highest BCUT2D eigenvalue weighted by atomic mass is 35.5. The first kappa shape index (κ1) is 19.0. The van der Waals surface area contributed by atoms with E-state index in [1.54, 1.807) is 24.3 Å². The summed E-state index contributed by atoms with van der Waals surface area (Å²) >= 11 is 13.1. The van der Waals surface area contributed by atoms with Crippen LogP contribution in [-0.2, 0) is 11.2 Å². The Morgan fingerprint density at radius 2 is 1.96 bits per heavy atom. The average molecular weight is 424 g/mol. The molecule has 0 aliphatic carbocycles. The summed E-state index contributed by atoms with van der Waals surface area (Å²) in [6.07, 6.45) is 2.70. The molecule has 138 valence electrons. The minimum Gasteiger partial charge on any atom is -0.459 e. The Labute approximate surface area is 167 Å². The van der Waals surface area contributed by atoms with Crippen LogP contribution in [0, 0.1) is 0 Å². The van der Waals surface area contributed by atoms with E-state index in [4.69, 9.17) is 27.6 Å². The lowest BCUT2D eigenvalue weighted by Crippen LogP contribution is -2.19. The summed E-state index contributed by atoms with van der Waals surface area (Å²) in [5.41, 5.74) is 2.86. The van der Waals surface area contributed by atoms with Crippen molar-refractivity contribution in [2.75, 3.05) is 5.32 Å². The van der Waals surface area contributed by atoms with Crippen molar-refractivity contribution in [2.45, 2.75) is 6.42 Å². The van der Waals surface area contributed by atoms with Crippen molar-refractivity contribution in [3.05, 3.63) is 63.0 Å². The SMILES string of the molecule is O=C(Cc1nnc(NC(=O)c2ccco2)s1)N/N=C\c1c(Cl)cccc1Cl. The first-order chi connectivity index (χ1) is 13.0. The highest BCUT2D eigenvalue weighted by molar-refractivity contribution is 7.15. The maximum Gasteiger partial charge on any atom is 0.293 e. The number of hydrogen-bond acceptors (Lipinski definition) is 7. The zero-order valence-electron chi connectivity index (χ0n) is 13.5. The van der Waals surface area contributed by atoms with Crippen LogP contribution in [-0.4, -0.2) is 28.2 Å². The van der Waals surface area contributed by atoms with Crippen molar-refractivity contribution in [3.8, 4) is 0 Å². The molecule has 1 aromatic carbocycles. The van der Waals surface area contributed by atoms with Crippen LogP contribution >= 0.6 is 34.5 Å². The summed E-state index contributed by atoms with van der Waals surface area (Å²) in [7, 11) is 0. The fraction of sp³-hybridized carbons (Fsp3) is 0.0625. The Kier molecular flexibility index (Phi) is 6.17. The van der Waals surface area contributed by atoms with Crippen LogP contribution in [0.2, 0.25) is 10.0 Å². The molecule has 2 heterocycles. The fourth-order valence-corrected chi connectivity index (χ4v) is 3.15. The van der Waals surface area contributed by atoms with Crippen LogP contribution < -0.4 is 10.7 Å². The van der Waals surface area contributed by atoms with Crippen molar-refractivity contribution in [2.24, 2.45) is 5.10 Å². The van der Waals surface area contributed by atoms with E-state index in [0.717, 1.165) is 11.3 Å². The molecule has 0 aliphatic rings. The predicted octanol–water partition coefficient (Wildman–Crippen LogP) is 3.38. The van der Waals surface area contributed by atoms with Crippen molar-refractivity contribution >= 4 is 57.7 Å². The molecule has 0 atom stereocenters. The Morgan fingerprint density at radius 3 is 2.67 bits per heavy atom. The normalized spacial score (nSPS) is 10.9. The summed E-state index contributed by atoms with van der Waals surface area (Å²) < 4.78 is 4.98. The molecule has 0 unspecified atom stereocenters. The Bertz CT molecular complexity index is 968. The number of amides is 2. The van der Waals surface area contributed by atoms with Gasteiger partial charge >= 0.3 is 0 Å². The summed E-state index contributed by atoms with van der Waals surface area (Å²) in [5, 5.41) is 15.5. The van der Waals surface area contributed by atoms with Crippen molar-refractivity contribution < 1.29 is 14.0 Å². The first-order valence-electron chi connectivity index (χ1n) is 7.46. The maximum absolute atomic E-state index is 11.9. The second-order valence-corrected chi connectivity index (χ2v) is 6.91. The van der Waals surface area contributed by atoms with Gasteiger partial charge in [0.25, 0.3) is 5.91 Å². The van der Waals surface area contributed by atoms with Gasteiger partial charge in [0.1, 0.15) is 5.01 Å². The summed E-state index contributed by atoms with van der Waals surface area (Å²) in [6, 6.07) is 8.15. The molecule has 0 saturated carbocycles. The van der Waals surface area contributed by atoms with Gasteiger partial charge in [0.2, 0.25) is 11.0 Å². The monoisotopic (exact) mass is 423 g/mol. The van der Waals surface area contributed by atoms with Gasteiger partial charge in [-0.3, -0.25) is 14.9 Å². The number of furan rings is 1. The van der Waals surface area contributed by atoms with Crippen molar-refractivity contribution in [1.82, 2.24) is 15.6 Å². The van der Waals surface area contributed by atoms with E-state index in [1.807, 2.05) is 0 Å². The molecule has 0 saturated heterocycles. The van der Waals surface area contributed by atoms with E-state index >= 15 is 0 Å². The number of carbonyl (C=O) groups is 2. The number of hydrazone groups is 1. The molecule has 0 spiro atoms. The van der Waals surface area contributed by atoms with Gasteiger partial charge in [-0.2, -0.15) is 5.10 Å². The van der Waals surface area contributed by atoms with Crippen LogP contribution in [0.25, 0.3) is 0 Å². The topological polar surface area (TPSA) is 109 Å². The fourth-order valence-electron chi connectivity index (χ4n) is 1.92. The van der Waals surface area contributed by atoms with E-state index in [9.17, 15) is 9.59 Å². The Hall–Kier alpha value is -2.75. The third-order valence-corrected chi connectivity index (χ3v) is 4.62. The molecule has 2 aromatic heterocycles. The minimum atomic E-state index is -0.451. The molecule has 27 heavy (non-hydrogen) atoms. The van der Waals surface area contributed by atoms with Crippen LogP contribution in [0.1, 0.15) is 21.1 Å². The predicted molar refractivity (Wildman–Crippen MR) is 102 cm³/mol. The molecule has 2 amide bonds. The molecule has 0 aliphatic heterocycles. The third-order valence-electron chi connectivity index (χ3n) is 3.13. The highest BCUT2D eigenvalue weighted by Gasteiger charge is 2.14. The zero-order valence-corrected chi connectivity index (χ0v) is 15.8. The van der Waals surface area contributed by atoms with Crippen molar-refractivity contribution in [1.29, 1.82) is 0 Å². The molecule has 0 radical (unpaired) electrons. The van der Waals surface area contributed by atoms with Gasteiger partial charge < -0.3 is 4.42 Å². The number of hydrogen-bond donors (Lipinski definition) is 2. The molecule has 11 heteroatoms. The number of halogens is 2. The second-order valence-electron chi connectivity index (χ2n) is 5.04. The largest absolute Gasteiger partial charge is 0.459 e. The van der Waals surface area contributed by atoms with Gasteiger partial charge in [-0.15, -0.1) is 10.2 Å². The Balaban J connectivity index is 1.53. The second kappa shape index (κ2) is 8.76. The highest BCUT2D eigenvalue weighted by Crippen LogP contribution is 2.22. The van der Waals surface area contributed by atoms with Gasteiger partial charge in [-0.25, -0.2) is 5.43 Å².